The first-order chi connectivity index (χ1) is 4.57. The highest BCUT2D eigenvalue weighted by Crippen LogP contribution is 1.74. The molecule has 0 rings (SSSR count). The highest BCUT2D eigenvalue weighted by Gasteiger charge is 2.06. The fraction of sp³-hybridized carbons (Fsp3) is 0.667. The van der Waals surface area contributed by atoms with E-state index in [4.69, 9.17) is 11.3 Å². The smallest absolute Gasteiger partial charge is 0.268 e. The molecule has 0 aromatic carbocycles. The topological polar surface area (TPSA) is 108 Å². The molecule has 0 atom stereocenters. The van der Waals surface area contributed by atoms with Gasteiger partial charge in [0.25, 0.3) is 5.96 Å². The molecule has 58 valence electrons. The maximum atomic E-state index is 9.70. The molecule has 7 heteroatoms. The van der Waals surface area contributed by atoms with Gasteiger partial charge in [-0.25, -0.2) is 16.0 Å². The Morgan fingerprint density at radius 1 is 2.00 bits per heavy atom. The van der Waals surface area contributed by atoms with Crippen LogP contribution < -0.4 is 11.3 Å². The summed E-state index contributed by atoms with van der Waals surface area (Å²) in [6.07, 6.45) is 0. The van der Waals surface area contributed by atoms with Gasteiger partial charge in [-0.05, 0) is 6.92 Å². The van der Waals surface area contributed by atoms with Crippen molar-refractivity contribution in [3.05, 3.63) is 10.1 Å². The van der Waals surface area contributed by atoms with Crippen molar-refractivity contribution in [1.29, 1.82) is 5.41 Å². The second kappa shape index (κ2) is 3.62. The molecule has 0 saturated carbocycles. The normalized spacial score (nSPS) is 8.60. The van der Waals surface area contributed by atoms with Crippen LogP contribution in [-0.4, -0.2) is 22.5 Å². The van der Waals surface area contributed by atoms with Crippen LogP contribution in [0.4, 0.5) is 0 Å². The van der Waals surface area contributed by atoms with E-state index in [1.807, 2.05) is 0 Å². The third kappa shape index (κ3) is 2.82. The van der Waals surface area contributed by atoms with Crippen molar-refractivity contribution in [1.82, 2.24) is 10.4 Å². The van der Waals surface area contributed by atoms with Gasteiger partial charge < -0.3 is 0 Å². The van der Waals surface area contributed by atoms with E-state index in [0.717, 1.165) is 5.01 Å². The van der Waals surface area contributed by atoms with Crippen molar-refractivity contribution >= 4 is 5.96 Å². The highest BCUT2D eigenvalue weighted by molar-refractivity contribution is 5.74. The van der Waals surface area contributed by atoms with Crippen molar-refractivity contribution < 1.29 is 5.03 Å². The number of hydrogen-bond donors (Lipinski definition) is 3. The third-order valence-corrected chi connectivity index (χ3v) is 0.825. The number of nitro groups is 1. The molecule has 0 heterocycles. The number of nitrogens with two attached hydrogens (primary N) is 1. The molecule has 0 radical (unpaired) electrons. The van der Waals surface area contributed by atoms with Crippen LogP contribution in [0, 0.1) is 15.5 Å². The van der Waals surface area contributed by atoms with E-state index < -0.39 is 11.0 Å². The molecule has 7 nitrogen and oxygen atoms in total. The monoisotopic (exact) mass is 147 g/mol. The van der Waals surface area contributed by atoms with Crippen LogP contribution in [0.15, 0.2) is 0 Å². The van der Waals surface area contributed by atoms with E-state index >= 15 is 0 Å². The molecule has 4 N–H and O–H groups in total. The van der Waals surface area contributed by atoms with Crippen LogP contribution in [-0.2, 0) is 0 Å². The molecule has 0 bridgehead atoms. The first-order valence-corrected chi connectivity index (χ1v) is 2.59. The summed E-state index contributed by atoms with van der Waals surface area (Å²) < 4.78 is 0. The number of rotatable bonds is 2. The van der Waals surface area contributed by atoms with Gasteiger partial charge in [0, 0.05) is 6.54 Å². The van der Waals surface area contributed by atoms with Gasteiger partial charge in [0.15, 0.2) is 5.03 Å². The van der Waals surface area contributed by atoms with Gasteiger partial charge in [0.05, 0.1) is 0 Å². The SMILES string of the molecule is CCN(N)C(=N)N[N+](=O)[O-]. The molecule has 0 aliphatic rings. The minimum atomic E-state index is -0.835. The zero-order valence-electron chi connectivity index (χ0n) is 5.50. The summed E-state index contributed by atoms with van der Waals surface area (Å²) in [5, 5.41) is 16.7. The molecule has 0 fully saturated rings. The molecule has 0 aliphatic carbocycles. The van der Waals surface area contributed by atoms with E-state index in [-0.39, 0.29) is 0 Å². The van der Waals surface area contributed by atoms with Gasteiger partial charge in [-0.3, -0.25) is 10.4 Å². The van der Waals surface area contributed by atoms with Crippen molar-refractivity contribution in [2.45, 2.75) is 6.92 Å². The summed E-state index contributed by atoms with van der Waals surface area (Å²) >= 11 is 0. The Bertz CT molecular complexity index is 146. The minimum absolute atomic E-state index is 0.347. The van der Waals surface area contributed by atoms with Crippen molar-refractivity contribution in [2.75, 3.05) is 6.54 Å². The first-order valence-electron chi connectivity index (χ1n) is 2.59. The summed E-state index contributed by atoms with van der Waals surface area (Å²) in [5.74, 6) is 4.68. The predicted octanol–water partition coefficient (Wildman–Crippen LogP) is -1.10. The fourth-order valence-electron chi connectivity index (χ4n) is 0.309. The second-order valence-electron chi connectivity index (χ2n) is 1.50. The van der Waals surface area contributed by atoms with Crippen LogP contribution in [0.3, 0.4) is 0 Å². The summed E-state index contributed by atoms with van der Waals surface area (Å²) in [6.45, 7) is 2.02. The second-order valence-corrected chi connectivity index (χ2v) is 1.50. The fourth-order valence-corrected chi connectivity index (χ4v) is 0.309. The van der Waals surface area contributed by atoms with Crippen LogP contribution >= 0.6 is 0 Å². The predicted molar refractivity (Wildman–Crippen MR) is 34.4 cm³/mol. The van der Waals surface area contributed by atoms with Crippen molar-refractivity contribution in [3.8, 4) is 0 Å². The van der Waals surface area contributed by atoms with Gasteiger partial charge in [-0.2, -0.15) is 0 Å². The zero-order valence-corrected chi connectivity index (χ0v) is 5.50. The number of hydrogen-bond acceptors (Lipinski definition) is 4. The highest BCUT2D eigenvalue weighted by atomic mass is 16.7. The van der Waals surface area contributed by atoms with Gasteiger partial charge >= 0.3 is 0 Å². The summed E-state index contributed by atoms with van der Waals surface area (Å²) in [5.41, 5.74) is 1.60. The van der Waals surface area contributed by atoms with E-state index in [0.29, 0.717) is 6.54 Å². The standard InChI is InChI=1S/C3H9N5O2/c1-2-7(5)3(4)6-8(9)10/h2,5H2,1H3,(H2,4,6). The average Bonchev–Trinajstić information content (AvgIpc) is 1.85. The molecule has 0 spiro atoms. The Morgan fingerprint density at radius 3 is 2.80 bits per heavy atom. The molecular formula is C3H9N5O2. The van der Waals surface area contributed by atoms with Gasteiger partial charge in [0.1, 0.15) is 0 Å². The molecule has 0 unspecified atom stereocenters. The van der Waals surface area contributed by atoms with E-state index in [9.17, 15) is 10.1 Å². The van der Waals surface area contributed by atoms with Gasteiger partial charge in [0.2, 0.25) is 0 Å². The van der Waals surface area contributed by atoms with Crippen LogP contribution in [0.1, 0.15) is 6.92 Å². The molecular weight excluding hydrogens is 138 g/mol. The van der Waals surface area contributed by atoms with Crippen molar-refractivity contribution in [3.63, 3.8) is 0 Å². The van der Waals surface area contributed by atoms with Gasteiger partial charge in [-0.15, -0.1) is 0 Å². The molecule has 0 amide bonds. The van der Waals surface area contributed by atoms with Gasteiger partial charge in [-0.1, -0.05) is 5.43 Å². The molecule has 10 heavy (non-hydrogen) atoms. The number of nitrogens with one attached hydrogen (secondary N) is 2. The Balaban J connectivity index is 3.73. The summed E-state index contributed by atoms with van der Waals surface area (Å²) in [6, 6.07) is 0. The quantitative estimate of drug-likeness (QED) is 0.151. The Morgan fingerprint density at radius 2 is 2.50 bits per heavy atom. The van der Waals surface area contributed by atoms with Crippen LogP contribution in [0.5, 0.6) is 0 Å². The lowest BCUT2D eigenvalue weighted by atomic mass is 10.7. The largest absolute Gasteiger partial charge is 0.277 e. The van der Waals surface area contributed by atoms with Crippen LogP contribution in [0.2, 0.25) is 0 Å². The van der Waals surface area contributed by atoms with Crippen LogP contribution in [0.25, 0.3) is 0 Å². The minimum Gasteiger partial charge on any atom is -0.277 e. The number of nitrogens with zero attached hydrogens (tertiary/aromatic N) is 2. The number of hydrazine groups is 2. The summed E-state index contributed by atoms with van der Waals surface area (Å²) in [7, 11) is 0. The Labute approximate surface area is 57.4 Å². The number of guanidine groups is 1. The lowest BCUT2D eigenvalue weighted by molar-refractivity contribution is -0.526. The van der Waals surface area contributed by atoms with E-state index in [1.54, 1.807) is 12.3 Å². The molecule has 0 aromatic heterocycles. The molecule has 0 aliphatic heterocycles. The average molecular weight is 147 g/mol. The molecule has 0 aromatic rings. The molecule has 0 saturated heterocycles. The maximum absolute atomic E-state index is 9.70. The lowest BCUT2D eigenvalue weighted by Gasteiger charge is -2.12. The van der Waals surface area contributed by atoms with E-state index in [1.165, 1.54) is 0 Å². The Kier molecular flexibility index (Phi) is 3.12. The van der Waals surface area contributed by atoms with Crippen molar-refractivity contribution in [2.24, 2.45) is 5.84 Å². The zero-order chi connectivity index (χ0) is 8.15. The maximum Gasteiger partial charge on any atom is 0.268 e. The third-order valence-electron chi connectivity index (χ3n) is 0.825. The first kappa shape index (κ1) is 8.63. The Hall–Kier alpha value is -1.37. The van der Waals surface area contributed by atoms with E-state index in [2.05, 4.69) is 0 Å². The summed E-state index contributed by atoms with van der Waals surface area (Å²) in [4.78, 5) is 9.70. The lowest BCUT2D eigenvalue weighted by Crippen LogP contribution is -2.46.